The number of imidazole rings is 1. The molecule has 1 rings (SSSR count). The molecular weight excluding hydrogens is 180 g/mol. The van der Waals surface area contributed by atoms with E-state index in [-0.39, 0.29) is 13.2 Å². The lowest BCUT2D eigenvalue weighted by Crippen LogP contribution is -2.31. The van der Waals surface area contributed by atoms with Crippen molar-refractivity contribution in [1.82, 2.24) is 4.57 Å². The maximum absolute atomic E-state index is 8.71. The molecular formula is C10H19N2O2+. The van der Waals surface area contributed by atoms with E-state index < -0.39 is 0 Å². The normalized spacial score (nSPS) is 10.8. The van der Waals surface area contributed by atoms with E-state index in [1.165, 1.54) is 5.69 Å². The predicted molar refractivity (Wildman–Crippen MR) is 52.8 cm³/mol. The van der Waals surface area contributed by atoms with Crippen LogP contribution in [0.25, 0.3) is 0 Å². The fraction of sp³-hybridized carbons (Fsp3) is 0.700. The zero-order chi connectivity index (χ0) is 10.4. The second-order valence-electron chi connectivity index (χ2n) is 3.47. The molecule has 0 aliphatic rings. The number of hydrogen-bond acceptors (Lipinski definition) is 2. The van der Waals surface area contributed by atoms with Crippen LogP contribution in [0.2, 0.25) is 0 Å². The third-order valence-corrected chi connectivity index (χ3v) is 2.22. The van der Waals surface area contributed by atoms with Gasteiger partial charge in [0.05, 0.1) is 13.1 Å². The summed E-state index contributed by atoms with van der Waals surface area (Å²) in [5.41, 5.74) is 1.19. The van der Waals surface area contributed by atoms with Crippen LogP contribution in [0.5, 0.6) is 0 Å². The Morgan fingerprint density at radius 2 is 2.00 bits per heavy atom. The van der Waals surface area contributed by atoms with Crippen molar-refractivity contribution in [2.75, 3.05) is 13.2 Å². The summed E-state index contributed by atoms with van der Waals surface area (Å²) in [6.45, 7) is 4.22. The molecule has 0 saturated heterocycles. The van der Waals surface area contributed by atoms with Crippen molar-refractivity contribution < 1.29 is 14.8 Å². The third kappa shape index (κ3) is 3.12. The fourth-order valence-corrected chi connectivity index (χ4v) is 1.47. The van der Waals surface area contributed by atoms with Gasteiger partial charge in [0, 0.05) is 33.0 Å². The Balaban J connectivity index is 2.53. The maximum Gasteiger partial charge on any atom is 0.243 e. The highest BCUT2D eigenvalue weighted by molar-refractivity contribution is 4.88. The molecule has 0 amide bonds. The lowest BCUT2D eigenvalue weighted by Gasteiger charge is -1.95. The minimum absolute atomic E-state index is 0.230. The van der Waals surface area contributed by atoms with Gasteiger partial charge in [-0.05, 0) is 0 Å². The number of aliphatic hydroxyl groups excluding tert-OH is 2. The molecule has 1 heterocycles. The Morgan fingerprint density at radius 1 is 1.29 bits per heavy atom. The van der Waals surface area contributed by atoms with Gasteiger partial charge in [0.25, 0.3) is 0 Å². The van der Waals surface area contributed by atoms with Crippen LogP contribution in [0.3, 0.4) is 0 Å². The van der Waals surface area contributed by atoms with Crippen molar-refractivity contribution in [2.45, 2.75) is 32.9 Å². The molecule has 14 heavy (non-hydrogen) atoms. The van der Waals surface area contributed by atoms with Gasteiger partial charge in [0.2, 0.25) is 6.33 Å². The molecule has 2 N–H and O–H groups in total. The Hall–Kier alpha value is -0.870. The highest BCUT2D eigenvalue weighted by Crippen LogP contribution is 1.97. The maximum atomic E-state index is 8.71. The van der Waals surface area contributed by atoms with E-state index in [0.717, 1.165) is 25.9 Å². The van der Waals surface area contributed by atoms with E-state index in [2.05, 4.69) is 15.3 Å². The molecule has 0 aromatic carbocycles. The number of rotatable bonds is 6. The Morgan fingerprint density at radius 3 is 2.64 bits per heavy atom. The largest absolute Gasteiger partial charge is 0.396 e. The summed E-state index contributed by atoms with van der Waals surface area (Å²) in [5, 5.41) is 17.4. The second-order valence-corrected chi connectivity index (χ2v) is 3.47. The molecule has 1 aromatic rings. The van der Waals surface area contributed by atoms with Crippen LogP contribution < -0.4 is 4.57 Å². The molecule has 0 unspecified atom stereocenters. The predicted octanol–water partition coefficient (Wildman–Crippen LogP) is -0.151. The van der Waals surface area contributed by atoms with Gasteiger partial charge in [-0.2, -0.15) is 0 Å². The van der Waals surface area contributed by atoms with Crippen LogP contribution >= 0.6 is 0 Å². The summed E-state index contributed by atoms with van der Waals surface area (Å²) in [4.78, 5) is 0. The first-order valence-electron chi connectivity index (χ1n) is 5.05. The smallest absolute Gasteiger partial charge is 0.243 e. The molecule has 0 bridgehead atoms. The quantitative estimate of drug-likeness (QED) is 0.626. The first-order chi connectivity index (χ1) is 6.77. The van der Waals surface area contributed by atoms with Gasteiger partial charge in [-0.1, -0.05) is 0 Å². The summed E-state index contributed by atoms with van der Waals surface area (Å²) in [7, 11) is 0. The Kier molecular flexibility index (Phi) is 4.62. The fourth-order valence-electron chi connectivity index (χ4n) is 1.47. The Bertz CT molecular complexity index is 271. The molecule has 0 saturated carbocycles. The van der Waals surface area contributed by atoms with E-state index in [0.29, 0.717) is 0 Å². The van der Waals surface area contributed by atoms with Crippen molar-refractivity contribution >= 4 is 0 Å². The van der Waals surface area contributed by atoms with E-state index in [4.69, 9.17) is 10.2 Å². The first-order valence-corrected chi connectivity index (χ1v) is 5.05. The van der Waals surface area contributed by atoms with Gasteiger partial charge in [-0.15, -0.1) is 0 Å². The van der Waals surface area contributed by atoms with Crippen molar-refractivity contribution in [3.05, 3.63) is 18.2 Å². The van der Waals surface area contributed by atoms with Crippen LogP contribution in [-0.2, 0) is 13.1 Å². The number of hydrogen-bond donors (Lipinski definition) is 2. The molecule has 4 nitrogen and oxygen atoms in total. The minimum atomic E-state index is 0.230. The molecule has 0 atom stereocenters. The van der Waals surface area contributed by atoms with E-state index in [9.17, 15) is 0 Å². The molecule has 0 aliphatic heterocycles. The lowest BCUT2D eigenvalue weighted by atomic mass is 10.4. The molecule has 0 spiro atoms. The van der Waals surface area contributed by atoms with E-state index in [1.807, 2.05) is 13.3 Å². The highest BCUT2D eigenvalue weighted by Gasteiger charge is 2.08. The Labute approximate surface area is 84.4 Å². The first kappa shape index (κ1) is 11.2. The summed E-state index contributed by atoms with van der Waals surface area (Å²) >= 11 is 0. The van der Waals surface area contributed by atoms with Crippen LogP contribution in [-0.4, -0.2) is 28.0 Å². The lowest BCUT2D eigenvalue weighted by molar-refractivity contribution is -0.697. The van der Waals surface area contributed by atoms with Gasteiger partial charge in [0.15, 0.2) is 0 Å². The number of aromatic nitrogens is 2. The van der Waals surface area contributed by atoms with Gasteiger partial charge in [0.1, 0.15) is 11.9 Å². The minimum Gasteiger partial charge on any atom is -0.396 e. The highest BCUT2D eigenvalue weighted by atomic mass is 16.3. The standard InChI is InChI=1S/C10H19N2O2/c1-10-8-11(4-2-6-13)9-12(10)5-3-7-14/h8-9,13-14H,2-7H2,1H3/q+1. The zero-order valence-electron chi connectivity index (χ0n) is 8.69. The van der Waals surface area contributed by atoms with Crippen molar-refractivity contribution in [2.24, 2.45) is 0 Å². The zero-order valence-corrected chi connectivity index (χ0v) is 8.69. The van der Waals surface area contributed by atoms with E-state index in [1.54, 1.807) is 0 Å². The molecule has 4 heteroatoms. The second kappa shape index (κ2) is 5.78. The summed E-state index contributed by atoms with van der Waals surface area (Å²) in [6.07, 6.45) is 5.66. The van der Waals surface area contributed by atoms with E-state index >= 15 is 0 Å². The number of aliphatic hydroxyl groups is 2. The number of nitrogens with zero attached hydrogens (tertiary/aromatic N) is 2. The molecule has 80 valence electrons. The summed E-state index contributed by atoms with van der Waals surface area (Å²) < 4.78 is 4.19. The molecule has 1 aromatic heterocycles. The molecule has 0 aliphatic carbocycles. The average Bonchev–Trinajstić information content (AvgIpc) is 2.53. The van der Waals surface area contributed by atoms with Gasteiger partial charge < -0.3 is 10.2 Å². The SMILES string of the molecule is Cc1c[n+](CCCO)cn1CCCO. The summed E-state index contributed by atoms with van der Waals surface area (Å²) in [5.74, 6) is 0. The summed E-state index contributed by atoms with van der Waals surface area (Å²) in [6, 6.07) is 0. The average molecular weight is 199 g/mol. The third-order valence-electron chi connectivity index (χ3n) is 2.22. The van der Waals surface area contributed by atoms with Gasteiger partial charge >= 0.3 is 0 Å². The van der Waals surface area contributed by atoms with Crippen molar-refractivity contribution in [1.29, 1.82) is 0 Å². The van der Waals surface area contributed by atoms with Gasteiger partial charge in [-0.3, -0.25) is 0 Å². The van der Waals surface area contributed by atoms with Crippen LogP contribution in [0.1, 0.15) is 18.5 Å². The van der Waals surface area contributed by atoms with Crippen LogP contribution in [0.4, 0.5) is 0 Å². The van der Waals surface area contributed by atoms with Crippen molar-refractivity contribution in [3.8, 4) is 0 Å². The van der Waals surface area contributed by atoms with Gasteiger partial charge in [-0.25, -0.2) is 9.13 Å². The van der Waals surface area contributed by atoms with Crippen molar-refractivity contribution in [3.63, 3.8) is 0 Å². The van der Waals surface area contributed by atoms with Crippen LogP contribution in [0.15, 0.2) is 12.5 Å². The topological polar surface area (TPSA) is 49.3 Å². The number of aryl methyl sites for hydroxylation is 3. The van der Waals surface area contributed by atoms with Crippen LogP contribution in [0, 0.1) is 6.92 Å². The molecule has 0 fully saturated rings. The monoisotopic (exact) mass is 199 g/mol. The molecule has 0 radical (unpaired) electrons.